The Balaban J connectivity index is 2.05. The fraction of sp³-hybridized carbons (Fsp3) is 0.280. The van der Waals surface area contributed by atoms with Gasteiger partial charge in [-0.1, -0.05) is 6.92 Å². The van der Waals surface area contributed by atoms with Gasteiger partial charge in [-0.05, 0) is 80.6 Å². The average molecular weight is 454 g/mol. The van der Waals surface area contributed by atoms with E-state index in [1.54, 1.807) is 12.1 Å². The van der Waals surface area contributed by atoms with Crippen molar-refractivity contribution in [2.24, 2.45) is 0 Å². The molecule has 0 radical (unpaired) electrons. The highest BCUT2D eigenvalue weighted by Crippen LogP contribution is 2.40. The first kappa shape index (κ1) is 23.2. The lowest BCUT2D eigenvalue weighted by molar-refractivity contribution is 0.121. The number of hydrogen-bond acceptors (Lipinski definition) is 6. The van der Waals surface area contributed by atoms with E-state index in [-0.39, 0.29) is 6.61 Å². The molecule has 3 aromatic rings. The molecule has 0 saturated heterocycles. The van der Waals surface area contributed by atoms with Crippen LogP contribution in [0.3, 0.4) is 0 Å². The standard InChI is InChI=1S/C25H24ClNO5/c1-6-20-16(3)24(32-25(28)29-5)22-17(4)23(15(2)14-21(22)27-20)31-19-10-8-18(9-11-19)30-13-7-12-26/h8-11,14H,6,13H2,1-5H3. The van der Waals surface area contributed by atoms with Crippen LogP contribution in [0.15, 0.2) is 30.3 Å². The number of aromatic nitrogens is 1. The molecule has 0 aliphatic heterocycles. The molecule has 7 heteroatoms. The molecule has 0 N–H and O–H groups in total. The Bertz CT molecular complexity index is 1210. The van der Waals surface area contributed by atoms with Crippen molar-refractivity contribution >= 4 is 28.7 Å². The zero-order chi connectivity index (χ0) is 23.3. The molecule has 3 rings (SSSR count). The molecule has 0 unspecified atom stereocenters. The summed E-state index contributed by atoms with van der Waals surface area (Å²) in [6, 6.07) is 9.14. The van der Waals surface area contributed by atoms with Crippen LogP contribution in [0.2, 0.25) is 0 Å². The molecule has 6 nitrogen and oxygen atoms in total. The Morgan fingerprint density at radius 3 is 2.38 bits per heavy atom. The van der Waals surface area contributed by atoms with E-state index >= 15 is 0 Å². The number of fused-ring (bicyclic) bond motifs is 1. The Morgan fingerprint density at radius 2 is 1.75 bits per heavy atom. The number of nitrogens with zero attached hydrogens (tertiary/aromatic N) is 1. The zero-order valence-electron chi connectivity index (χ0n) is 18.7. The number of aryl methyl sites for hydroxylation is 3. The first-order chi connectivity index (χ1) is 15.4. The van der Waals surface area contributed by atoms with Crippen LogP contribution in [0, 0.1) is 32.1 Å². The summed E-state index contributed by atoms with van der Waals surface area (Å²) in [6.07, 6.45) is -0.0693. The van der Waals surface area contributed by atoms with E-state index in [0.717, 1.165) is 27.9 Å². The predicted molar refractivity (Wildman–Crippen MR) is 124 cm³/mol. The highest BCUT2D eigenvalue weighted by molar-refractivity contribution is 6.30. The molecule has 0 spiro atoms. The summed E-state index contributed by atoms with van der Waals surface area (Å²) < 4.78 is 22.0. The molecule has 1 heterocycles. The lowest BCUT2D eigenvalue weighted by atomic mass is 9.99. The van der Waals surface area contributed by atoms with E-state index in [1.807, 2.05) is 45.9 Å². The highest BCUT2D eigenvalue weighted by Gasteiger charge is 2.21. The lowest BCUT2D eigenvalue weighted by Gasteiger charge is -2.19. The van der Waals surface area contributed by atoms with Crippen LogP contribution in [0.25, 0.3) is 10.9 Å². The molecular formula is C25H24ClNO5. The van der Waals surface area contributed by atoms with Gasteiger partial charge in [-0.25, -0.2) is 4.79 Å². The number of benzene rings is 2. The third kappa shape index (κ3) is 4.90. The van der Waals surface area contributed by atoms with Crippen molar-refractivity contribution in [3.63, 3.8) is 0 Å². The van der Waals surface area contributed by atoms with Crippen molar-refractivity contribution in [2.75, 3.05) is 13.7 Å². The largest absolute Gasteiger partial charge is 0.513 e. The van der Waals surface area contributed by atoms with Crippen molar-refractivity contribution in [1.29, 1.82) is 0 Å². The number of carbonyl (C=O) groups is 1. The summed E-state index contributed by atoms with van der Waals surface area (Å²) >= 11 is 5.33. The second kappa shape index (κ2) is 10.3. The third-order valence-corrected chi connectivity index (χ3v) is 5.18. The molecule has 0 aliphatic rings. The molecule has 0 amide bonds. The van der Waals surface area contributed by atoms with Crippen molar-refractivity contribution in [1.82, 2.24) is 4.98 Å². The molecule has 0 aliphatic carbocycles. The maximum Gasteiger partial charge on any atom is 0.513 e. The molecular weight excluding hydrogens is 430 g/mol. The minimum Gasteiger partial charge on any atom is -0.481 e. The minimum atomic E-state index is -0.778. The van der Waals surface area contributed by atoms with Gasteiger partial charge in [-0.15, -0.1) is 0 Å². The number of ether oxygens (including phenoxy) is 4. The Labute approximate surface area is 192 Å². The number of rotatable bonds is 6. The van der Waals surface area contributed by atoms with Gasteiger partial charge in [0.25, 0.3) is 0 Å². The van der Waals surface area contributed by atoms with Gasteiger partial charge in [0.2, 0.25) is 0 Å². The second-order valence-corrected chi connectivity index (χ2v) is 7.29. The quantitative estimate of drug-likeness (QED) is 0.325. The van der Waals surface area contributed by atoms with E-state index in [4.69, 9.17) is 35.5 Å². The van der Waals surface area contributed by atoms with E-state index in [9.17, 15) is 4.79 Å². The number of carbonyl (C=O) groups excluding carboxylic acids is 1. The molecule has 0 bridgehead atoms. The van der Waals surface area contributed by atoms with Gasteiger partial charge in [-0.2, -0.15) is 0 Å². The first-order valence-electron chi connectivity index (χ1n) is 10.1. The van der Waals surface area contributed by atoms with Crippen LogP contribution >= 0.6 is 11.6 Å². The molecule has 166 valence electrons. The van der Waals surface area contributed by atoms with E-state index < -0.39 is 6.16 Å². The minimum absolute atomic E-state index is 0.210. The van der Waals surface area contributed by atoms with E-state index in [1.165, 1.54) is 7.11 Å². The van der Waals surface area contributed by atoms with E-state index in [2.05, 4.69) is 11.3 Å². The normalized spacial score (nSPS) is 10.3. The average Bonchev–Trinajstić information content (AvgIpc) is 2.79. The summed E-state index contributed by atoms with van der Waals surface area (Å²) in [6.45, 7) is 7.98. The summed E-state index contributed by atoms with van der Waals surface area (Å²) in [5.74, 6) is 5.02. The van der Waals surface area contributed by atoms with Gasteiger partial charge in [0.05, 0.1) is 18.0 Å². The Hall–Kier alpha value is -3.43. The summed E-state index contributed by atoms with van der Waals surface area (Å²) in [5, 5.41) is 2.98. The molecule has 0 atom stereocenters. The van der Waals surface area contributed by atoms with Crippen LogP contribution in [-0.4, -0.2) is 24.9 Å². The van der Waals surface area contributed by atoms with Crippen LogP contribution in [0.4, 0.5) is 4.79 Å². The smallest absolute Gasteiger partial charge is 0.481 e. The number of pyridine rings is 1. The second-order valence-electron chi connectivity index (χ2n) is 7.10. The maximum absolute atomic E-state index is 11.9. The zero-order valence-corrected chi connectivity index (χ0v) is 19.4. The number of hydrogen-bond donors (Lipinski definition) is 0. The molecule has 1 aromatic heterocycles. The van der Waals surface area contributed by atoms with Crippen LogP contribution in [0.5, 0.6) is 23.0 Å². The first-order valence-corrected chi connectivity index (χ1v) is 10.5. The number of methoxy groups -OCH3 is 1. The Morgan fingerprint density at radius 1 is 1.06 bits per heavy atom. The van der Waals surface area contributed by atoms with Gasteiger partial charge < -0.3 is 18.9 Å². The van der Waals surface area contributed by atoms with Crippen molar-refractivity contribution in [3.05, 3.63) is 52.7 Å². The van der Waals surface area contributed by atoms with Crippen molar-refractivity contribution in [3.8, 4) is 34.3 Å². The fourth-order valence-electron chi connectivity index (χ4n) is 3.49. The van der Waals surface area contributed by atoms with E-state index in [0.29, 0.717) is 34.8 Å². The van der Waals surface area contributed by atoms with Gasteiger partial charge >= 0.3 is 6.16 Å². The highest BCUT2D eigenvalue weighted by atomic mass is 35.5. The van der Waals surface area contributed by atoms with Gasteiger partial charge in [-0.3, -0.25) is 4.98 Å². The fourth-order valence-corrected chi connectivity index (χ4v) is 3.54. The third-order valence-electron chi connectivity index (χ3n) is 5.05. The Kier molecular flexibility index (Phi) is 7.45. The van der Waals surface area contributed by atoms with Crippen LogP contribution < -0.4 is 14.2 Å². The van der Waals surface area contributed by atoms with Gasteiger partial charge in [0, 0.05) is 22.2 Å². The summed E-state index contributed by atoms with van der Waals surface area (Å²) in [5.41, 5.74) is 4.12. The molecule has 32 heavy (non-hydrogen) atoms. The topological polar surface area (TPSA) is 66.9 Å². The molecule has 0 saturated carbocycles. The monoisotopic (exact) mass is 453 g/mol. The van der Waals surface area contributed by atoms with Crippen LogP contribution in [-0.2, 0) is 11.2 Å². The molecule has 2 aromatic carbocycles. The maximum atomic E-state index is 11.9. The SMILES string of the molecule is CCc1nc2cc(C)c(Oc3ccc(OCC#CCl)cc3)c(C)c2c(OC(=O)OC)c1C. The summed E-state index contributed by atoms with van der Waals surface area (Å²) in [4.78, 5) is 16.7. The van der Waals surface area contributed by atoms with Crippen molar-refractivity contribution < 1.29 is 23.7 Å². The van der Waals surface area contributed by atoms with Crippen LogP contribution in [0.1, 0.15) is 29.3 Å². The summed E-state index contributed by atoms with van der Waals surface area (Å²) in [7, 11) is 1.28. The predicted octanol–water partition coefficient (Wildman–Crippen LogP) is 6.24. The lowest BCUT2D eigenvalue weighted by Crippen LogP contribution is -2.11. The molecule has 0 fully saturated rings. The van der Waals surface area contributed by atoms with Crippen molar-refractivity contribution in [2.45, 2.75) is 34.1 Å². The van der Waals surface area contributed by atoms with Gasteiger partial charge in [0.1, 0.15) is 29.6 Å². The number of halogens is 1. The van der Waals surface area contributed by atoms with Gasteiger partial charge in [0.15, 0.2) is 0 Å².